The van der Waals surface area contributed by atoms with Gasteiger partial charge in [0.25, 0.3) is 5.69 Å². The second-order valence-electron chi connectivity index (χ2n) is 4.40. The normalized spacial score (nSPS) is 10.5. The Kier molecular flexibility index (Phi) is 3.53. The molecule has 0 aliphatic rings. The van der Waals surface area contributed by atoms with Gasteiger partial charge in [-0.15, -0.1) is 0 Å². The van der Waals surface area contributed by atoms with Crippen molar-refractivity contribution < 1.29 is 4.92 Å². The zero-order valence-corrected chi connectivity index (χ0v) is 12.4. The molecule has 0 bridgehead atoms. The van der Waals surface area contributed by atoms with Crippen LogP contribution >= 0.6 is 15.9 Å². The number of rotatable bonds is 3. The lowest BCUT2D eigenvalue weighted by Crippen LogP contribution is -1.96. The van der Waals surface area contributed by atoms with E-state index in [1.54, 1.807) is 16.8 Å². The van der Waals surface area contributed by atoms with Crippen LogP contribution in [-0.2, 0) is 0 Å². The van der Waals surface area contributed by atoms with Crippen LogP contribution in [0.25, 0.3) is 16.9 Å². The van der Waals surface area contributed by atoms with Crippen LogP contribution in [0.4, 0.5) is 5.69 Å². The van der Waals surface area contributed by atoms with E-state index in [1.807, 2.05) is 36.4 Å². The highest BCUT2D eigenvalue weighted by Gasteiger charge is 2.11. The molecular formula is C15H10BrN3O2. The zero-order valence-electron chi connectivity index (χ0n) is 10.8. The highest BCUT2D eigenvalue weighted by molar-refractivity contribution is 9.10. The maximum atomic E-state index is 10.7. The first-order chi connectivity index (χ1) is 10.1. The minimum Gasteiger partial charge on any atom is -0.258 e. The van der Waals surface area contributed by atoms with Gasteiger partial charge in [-0.05, 0) is 46.3 Å². The molecule has 21 heavy (non-hydrogen) atoms. The SMILES string of the molecule is O=[N+]([O-])c1ccc(-c2cc(Br)n(-c3ccccc3)n2)cc1. The number of hydrogen-bond donors (Lipinski definition) is 0. The van der Waals surface area contributed by atoms with Gasteiger partial charge in [0, 0.05) is 17.7 Å². The molecule has 0 N–H and O–H groups in total. The van der Waals surface area contributed by atoms with Crippen LogP contribution in [0, 0.1) is 10.1 Å². The first-order valence-corrected chi connectivity index (χ1v) is 7.00. The Balaban J connectivity index is 1.99. The molecule has 0 radical (unpaired) electrons. The summed E-state index contributed by atoms with van der Waals surface area (Å²) in [6, 6.07) is 18.0. The predicted octanol–water partition coefficient (Wildman–Crippen LogP) is 4.21. The largest absolute Gasteiger partial charge is 0.269 e. The van der Waals surface area contributed by atoms with Crippen molar-refractivity contribution in [3.63, 3.8) is 0 Å². The summed E-state index contributed by atoms with van der Waals surface area (Å²) in [7, 11) is 0. The molecule has 0 aliphatic heterocycles. The number of non-ortho nitro benzene ring substituents is 1. The Morgan fingerprint density at radius 3 is 2.33 bits per heavy atom. The van der Waals surface area contributed by atoms with Gasteiger partial charge >= 0.3 is 0 Å². The fourth-order valence-electron chi connectivity index (χ4n) is 2.00. The van der Waals surface area contributed by atoms with Crippen molar-refractivity contribution in [3.05, 3.63) is 75.4 Å². The quantitative estimate of drug-likeness (QED) is 0.528. The van der Waals surface area contributed by atoms with Crippen LogP contribution in [0.15, 0.2) is 65.3 Å². The Morgan fingerprint density at radius 1 is 1.05 bits per heavy atom. The summed E-state index contributed by atoms with van der Waals surface area (Å²) in [5.41, 5.74) is 2.59. The summed E-state index contributed by atoms with van der Waals surface area (Å²) in [6.07, 6.45) is 0. The van der Waals surface area contributed by atoms with Gasteiger partial charge in [0.05, 0.1) is 16.3 Å². The van der Waals surface area contributed by atoms with Crippen LogP contribution in [0.5, 0.6) is 0 Å². The molecule has 0 amide bonds. The zero-order chi connectivity index (χ0) is 14.8. The number of benzene rings is 2. The smallest absolute Gasteiger partial charge is 0.258 e. The topological polar surface area (TPSA) is 61.0 Å². The van der Waals surface area contributed by atoms with Crippen LogP contribution in [0.2, 0.25) is 0 Å². The second kappa shape index (κ2) is 5.49. The van der Waals surface area contributed by atoms with E-state index in [2.05, 4.69) is 21.0 Å². The first-order valence-electron chi connectivity index (χ1n) is 6.21. The van der Waals surface area contributed by atoms with E-state index >= 15 is 0 Å². The highest BCUT2D eigenvalue weighted by atomic mass is 79.9. The first kappa shape index (κ1) is 13.5. The molecule has 0 spiro atoms. The molecule has 2 aromatic carbocycles. The Bertz CT molecular complexity index is 782. The summed E-state index contributed by atoms with van der Waals surface area (Å²) < 4.78 is 2.60. The average molecular weight is 344 g/mol. The molecule has 6 heteroatoms. The van der Waals surface area contributed by atoms with E-state index in [0.29, 0.717) is 0 Å². The molecule has 104 valence electrons. The van der Waals surface area contributed by atoms with E-state index in [0.717, 1.165) is 21.5 Å². The highest BCUT2D eigenvalue weighted by Crippen LogP contribution is 2.26. The molecule has 5 nitrogen and oxygen atoms in total. The average Bonchev–Trinajstić information content (AvgIpc) is 2.90. The van der Waals surface area contributed by atoms with Gasteiger partial charge in [-0.25, -0.2) is 4.68 Å². The van der Waals surface area contributed by atoms with Crippen LogP contribution < -0.4 is 0 Å². The molecule has 1 aromatic heterocycles. The molecule has 0 saturated carbocycles. The van der Waals surface area contributed by atoms with Gasteiger partial charge in [-0.3, -0.25) is 10.1 Å². The molecule has 0 atom stereocenters. The van der Waals surface area contributed by atoms with Crippen molar-refractivity contribution >= 4 is 21.6 Å². The van der Waals surface area contributed by atoms with Crippen molar-refractivity contribution in [2.24, 2.45) is 0 Å². The summed E-state index contributed by atoms with van der Waals surface area (Å²) in [6.45, 7) is 0. The number of nitro groups is 1. The van der Waals surface area contributed by atoms with Gasteiger partial charge in [0.2, 0.25) is 0 Å². The lowest BCUT2D eigenvalue weighted by Gasteiger charge is -2.02. The Morgan fingerprint density at radius 2 is 1.71 bits per heavy atom. The summed E-state index contributed by atoms with van der Waals surface area (Å²) >= 11 is 3.48. The minimum atomic E-state index is -0.414. The lowest BCUT2D eigenvalue weighted by atomic mass is 10.1. The molecule has 0 unspecified atom stereocenters. The number of halogens is 1. The molecule has 3 rings (SSSR count). The van der Waals surface area contributed by atoms with Gasteiger partial charge in [0.15, 0.2) is 0 Å². The molecule has 0 aliphatic carbocycles. The van der Waals surface area contributed by atoms with Crippen LogP contribution in [0.1, 0.15) is 0 Å². The van der Waals surface area contributed by atoms with E-state index < -0.39 is 4.92 Å². The molecule has 3 aromatic rings. The summed E-state index contributed by atoms with van der Waals surface area (Å²) in [4.78, 5) is 10.3. The summed E-state index contributed by atoms with van der Waals surface area (Å²) in [5, 5.41) is 15.2. The molecule has 0 fully saturated rings. The maximum absolute atomic E-state index is 10.7. The minimum absolute atomic E-state index is 0.0697. The molecule has 0 saturated heterocycles. The number of hydrogen-bond acceptors (Lipinski definition) is 3. The number of nitrogens with zero attached hydrogens (tertiary/aromatic N) is 3. The van der Waals surface area contributed by atoms with Gasteiger partial charge in [-0.2, -0.15) is 5.10 Å². The van der Waals surface area contributed by atoms with Gasteiger partial charge in [0.1, 0.15) is 4.60 Å². The third-order valence-electron chi connectivity index (χ3n) is 3.04. The standard InChI is InChI=1S/C15H10BrN3O2/c16-15-10-14(11-6-8-13(9-7-11)19(20)21)17-18(15)12-4-2-1-3-5-12/h1-10H. The lowest BCUT2D eigenvalue weighted by molar-refractivity contribution is -0.384. The van der Waals surface area contributed by atoms with Crippen molar-refractivity contribution in [2.45, 2.75) is 0 Å². The Labute approximate surface area is 129 Å². The Hall–Kier alpha value is -2.47. The molecule has 1 heterocycles. The van der Waals surface area contributed by atoms with Crippen molar-refractivity contribution in [2.75, 3.05) is 0 Å². The second-order valence-corrected chi connectivity index (χ2v) is 5.22. The maximum Gasteiger partial charge on any atom is 0.269 e. The third kappa shape index (κ3) is 2.71. The van der Waals surface area contributed by atoms with Crippen LogP contribution in [-0.4, -0.2) is 14.7 Å². The summed E-state index contributed by atoms with van der Waals surface area (Å²) in [5.74, 6) is 0. The van der Waals surface area contributed by atoms with E-state index in [1.165, 1.54) is 12.1 Å². The van der Waals surface area contributed by atoms with Crippen molar-refractivity contribution in [3.8, 4) is 16.9 Å². The number of nitro benzene ring substituents is 1. The van der Waals surface area contributed by atoms with E-state index in [-0.39, 0.29) is 5.69 Å². The van der Waals surface area contributed by atoms with Gasteiger partial charge < -0.3 is 0 Å². The fourth-order valence-corrected chi connectivity index (χ4v) is 2.50. The van der Waals surface area contributed by atoms with Crippen LogP contribution in [0.3, 0.4) is 0 Å². The van der Waals surface area contributed by atoms with E-state index in [9.17, 15) is 10.1 Å². The molecular weight excluding hydrogens is 334 g/mol. The van der Waals surface area contributed by atoms with Crippen molar-refractivity contribution in [1.29, 1.82) is 0 Å². The third-order valence-corrected chi connectivity index (χ3v) is 3.61. The monoisotopic (exact) mass is 343 g/mol. The fraction of sp³-hybridized carbons (Fsp3) is 0. The van der Waals surface area contributed by atoms with Gasteiger partial charge in [-0.1, -0.05) is 18.2 Å². The number of aromatic nitrogens is 2. The van der Waals surface area contributed by atoms with Crippen molar-refractivity contribution in [1.82, 2.24) is 9.78 Å². The predicted molar refractivity (Wildman–Crippen MR) is 83.4 cm³/mol. The van der Waals surface area contributed by atoms with E-state index in [4.69, 9.17) is 0 Å². The number of para-hydroxylation sites is 1.